The minimum absolute atomic E-state index is 0.00896. The third-order valence-corrected chi connectivity index (χ3v) is 13.6. The molecule has 1 aliphatic rings. The van der Waals surface area contributed by atoms with Crippen LogP contribution in [0.1, 0.15) is 36.8 Å². The predicted octanol–water partition coefficient (Wildman–Crippen LogP) is 15.1. The van der Waals surface area contributed by atoms with Gasteiger partial charge in [-0.15, -0.1) is 0 Å². The van der Waals surface area contributed by atoms with Crippen LogP contribution in [0.2, 0.25) is 0 Å². The Bertz CT molecular complexity index is 3440. The third-order valence-electron chi connectivity index (χ3n) is 13.6. The van der Waals surface area contributed by atoms with Crippen molar-refractivity contribution in [2.45, 2.75) is 44.3 Å². The van der Waals surface area contributed by atoms with Crippen LogP contribution in [0.15, 0.2) is 199 Å². The number of hydrogen-bond acceptors (Lipinski definition) is 6. The van der Waals surface area contributed by atoms with Gasteiger partial charge in [-0.2, -0.15) is 0 Å². The molecule has 1 unspecified atom stereocenters. The zero-order valence-electron chi connectivity index (χ0n) is 39.1. The molecule has 3 N–H and O–H groups in total. The average molecular weight is 905 g/mol. The van der Waals surface area contributed by atoms with Crippen LogP contribution >= 0.6 is 0 Å². The van der Waals surface area contributed by atoms with Gasteiger partial charge in [0.05, 0.1) is 6.04 Å². The number of nitrogens with zero attached hydrogens (tertiary/aromatic N) is 1. The number of hydrogen-bond donors (Lipinski definition) is 3. The van der Waals surface area contributed by atoms with E-state index in [9.17, 15) is 10.2 Å². The molecule has 0 amide bonds. The maximum absolute atomic E-state index is 12.5. The van der Waals surface area contributed by atoms with Gasteiger partial charge in [0.15, 0.2) is 0 Å². The minimum atomic E-state index is -0.00896. The van der Waals surface area contributed by atoms with Crippen LogP contribution in [-0.4, -0.2) is 49.5 Å². The Hall–Kier alpha value is -7.61. The maximum Gasteiger partial charge on any atom is 0.145 e. The molecule has 342 valence electrons. The number of methoxy groups -OCH3 is 2. The molecule has 69 heavy (non-hydrogen) atoms. The predicted molar refractivity (Wildman–Crippen MR) is 287 cm³/mol. The summed E-state index contributed by atoms with van der Waals surface area (Å²) in [6.07, 6.45) is 5.99. The van der Waals surface area contributed by atoms with Crippen LogP contribution in [-0.2, 0) is 16.0 Å². The maximum atomic E-state index is 12.5. The number of phenols is 2. The smallest absolute Gasteiger partial charge is 0.145 e. The van der Waals surface area contributed by atoms with E-state index < -0.39 is 0 Å². The number of phenolic OH excluding ortho intramolecular Hbond substituents is 2. The van der Waals surface area contributed by atoms with E-state index in [1.807, 2.05) is 24.4 Å². The zero-order chi connectivity index (χ0) is 47.1. The number of ether oxygens (including phenoxy) is 2. The molecule has 0 spiro atoms. The molecular formula is C63H56N2O4. The highest BCUT2D eigenvalue weighted by Gasteiger charge is 2.27. The summed E-state index contributed by atoms with van der Waals surface area (Å²) in [5.41, 5.74) is 9.64. The molecule has 0 saturated heterocycles. The Kier molecular flexibility index (Phi) is 13.6. The number of benzene rings is 10. The van der Waals surface area contributed by atoms with Gasteiger partial charge in [-0.1, -0.05) is 195 Å². The van der Waals surface area contributed by atoms with Gasteiger partial charge in [-0.25, -0.2) is 0 Å². The molecule has 0 aliphatic heterocycles. The number of aliphatic imine (C=N–C) groups is 1. The van der Waals surface area contributed by atoms with Gasteiger partial charge in [0.2, 0.25) is 0 Å². The van der Waals surface area contributed by atoms with Crippen molar-refractivity contribution in [2.24, 2.45) is 4.99 Å². The molecule has 0 bridgehead atoms. The number of nitrogens with one attached hydrogen (secondary N) is 1. The van der Waals surface area contributed by atoms with E-state index in [0.29, 0.717) is 24.7 Å². The van der Waals surface area contributed by atoms with Gasteiger partial charge in [-0.05, 0) is 90.3 Å². The quantitative estimate of drug-likeness (QED) is 0.0890. The lowest BCUT2D eigenvalue weighted by Crippen LogP contribution is -2.40. The Balaban J connectivity index is 0.00000105. The first kappa shape index (κ1) is 45.2. The van der Waals surface area contributed by atoms with Gasteiger partial charge < -0.3 is 25.0 Å². The van der Waals surface area contributed by atoms with E-state index >= 15 is 0 Å². The van der Waals surface area contributed by atoms with Crippen molar-refractivity contribution >= 4 is 49.3 Å². The summed E-state index contributed by atoms with van der Waals surface area (Å²) >= 11 is 0. The van der Waals surface area contributed by atoms with E-state index in [2.05, 4.69) is 191 Å². The van der Waals surface area contributed by atoms with Crippen LogP contribution in [0.5, 0.6) is 11.5 Å². The van der Waals surface area contributed by atoms with Crippen LogP contribution < -0.4 is 5.32 Å². The highest BCUT2D eigenvalue weighted by Crippen LogP contribution is 2.48. The highest BCUT2D eigenvalue weighted by atomic mass is 16.6. The molecule has 1 fully saturated rings. The highest BCUT2D eigenvalue weighted by molar-refractivity contribution is 6.15. The molecule has 6 heteroatoms. The second-order valence-corrected chi connectivity index (χ2v) is 17.9. The van der Waals surface area contributed by atoms with Crippen molar-refractivity contribution in [3.8, 4) is 56.0 Å². The van der Waals surface area contributed by atoms with E-state index in [0.717, 1.165) is 119 Å². The van der Waals surface area contributed by atoms with Gasteiger partial charge in [0, 0.05) is 66.4 Å². The van der Waals surface area contributed by atoms with Gasteiger partial charge >= 0.3 is 0 Å². The van der Waals surface area contributed by atoms with Crippen molar-refractivity contribution < 1.29 is 19.7 Å². The summed E-state index contributed by atoms with van der Waals surface area (Å²) in [7, 11) is 3.17. The molecule has 10 aromatic carbocycles. The third kappa shape index (κ3) is 9.23. The number of rotatable bonds is 11. The number of fused-ring (bicyclic) bond motifs is 4. The molecular weight excluding hydrogens is 849 g/mol. The fourth-order valence-electron chi connectivity index (χ4n) is 10.4. The average Bonchev–Trinajstić information content (AvgIpc) is 3.40. The summed E-state index contributed by atoms with van der Waals surface area (Å²) in [6, 6.07) is 67.6. The topological polar surface area (TPSA) is 83.3 Å². The van der Waals surface area contributed by atoms with Crippen LogP contribution in [0.25, 0.3) is 87.6 Å². The largest absolute Gasteiger partial charge is 0.507 e. The van der Waals surface area contributed by atoms with Crippen molar-refractivity contribution in [3.05, 3.63) is 205 Å². The Labute approximate surface area is 404 Å². The summed E-state index contributed by atoms with van der Waals surface area (Å²) in [5.74, 6) is 0.528. The molecule has 0 radical (unpaired) electrons. The normalized spacial score (nSPS) is 14.9. The first-order valence-electron chi connectivity index (χ1n) is 23.9. The zero-order valence-corrected chi connectivity index (χ0v) is 39.1. The fraction of sp³-hybridized carbons (Fsp3) is 0.159. The summed E-state index contributed by atoms with van der Waals surface area (Å²) in [5, 5.41) is 37.5. The second kappa shape index (κ2) is 20.7. The summed E-state index contributed by atoms with van der Waals surface area (Å²) < 4.78 is 8.94. The lowest BCUT2D eigenvalue weighted by Gasteiger charge is -2.30. The lowest BCUT2D eigenvalue weighted by molar-refractivity contribution is -0.00272. The van der Waals surface area contributed by atoms with Gasteiger partial charge in [0.25, 0.3) is 0 Å². The van der Waals surface area contributed by atoms with Gasteiger partial charge in [0.1, 0.15) is 18.3 Å². The summed E-state index contributed by atoms with van der Waals surface area (Å²) in [4.78, 5) is 5.30. The SMILES string of the molecule is COCOC.Oc1c(C=N[C@@H]2CCCCC2NCc2cc3ccccc3c(-c3c(-c4ccccc4)ccc4ccccc34)c2O)cc2ccccc2c1-c1c(-c2ccccc2)ccc2ccccc12. The standard InChI is InChI=1S/C60H48N2O2.C3H8O2/c63-59-45(35-43-23-9-13-27-49(43)57(59)55-47-25-11-7-21-41(47)31-33-51(55)39-17-3-1-4-18-39)37-61-53-29-15-16-30-54(53)62-38-46-36-44-24-10-14-28-50(44)58(60(46)64)56-48-26-12-8-22-42(48)32-34-52(56)40-19-5-2-6-20-40;1-4-3-5-2/h1-14,17-28,31-37,53-54,62-64H,15-16,29-30,38H2;3H2,1-2H3/t53-,54?;/m1./s1. The molecule has 1 aliphatic carbocycles. The molecule has 1 saturated carbocycles. The second-order valence-electron chi connectivity index (χ2n) is 17.9. The molecule has 0 heterocycles. The van der Waals surface area contributed by atoms with Crippen molar-refractivity contribution in [1.29, 1.82) is 0 Å². The van der Waals surface area contributed by atoms with Crippen LogP contribution in [0.4, 0.5) is 0 Å². The lowest BCUT2D eigenvalue weighted by atomic mass is 9.85. The monoisotopic (exact) mass is 904 g/mol. The van der Waals surface area contributed by atoms with Crippen molar-refractivity contribution in [3.63, 3.8) is 0 Å². The van der Waals surface area contributed by atoms with Crippen LogP contribution in [0, 0.1) is 0 Å². The first-order valence-corrected chi connectivity index (χ1v) is 23.9. The van der Waals surface area contributed by atoms with Crippen LogP contribution in [0.3, 0.4) is 0 Å². The van der Waals surface area contributed by atoms with E-state index in [4.69, 9.17) is 4.99 Å². The van der Waals surface area contributed by atoms with E-state index in [-0.39, 0.29) is 17.8 Å². The van der Waals surface area contributed by atoms with Gasteiger partial charge in [-0.3, -0.25) is 4.99 Å². The summed E-state index contributed by atoms with van der Waals surface area (Å²) in [6.45, 7) is 0.876. The van der Waals surface area contributed by atoms with Crippen molar-refractivity contribution in [2.75, 3.05) is 21.0 Å². The fourth-order valence-corrected chi connectivity index (χ4v) is 10.4. The Morgan fingerprint density at radius 2 is 0.942 bits per heavy atom. The molecule has 6 nitrogen and oxygen atoms in total. The first-order chi connectivity index (χ1) is 34.0. The molecule has 11 rings (SSSR count). The Morgan fingerprint density at radius 1 is 0.493 bits per heavy atom. The number of aromatic hydroxyl groups is 2. The Morgan fingerprint density at radius 3 is 1.46 bits per heavy atom. The molecule has 10 aromatic rings. The van der Waals surface area contributed by atoms with E-state index in [1.54, 1.807) is 14.2 Å². The van der Waals surface area contributed by atoms with E-state index in [1.165, 1.54) is 0 Å². The minimum Gasteiger partial charge on any atom is -0.507 e. The molecule has 0 aromatic heterocycles. The molecule has 2 atom stereocenters. The van der Waals surface area contributed by atoms with Crippen molar-refractivity contribution in [1.82, 2.24) is 5.32 Å².